The van der Waals surface area contributed by atoms with Gasteiger partial charge in [0.15, 0.2) is 4.34 Å². The third-order valence-corrected chi connectivity index (χ3v) is 7.07. The van der Waals surface area contributed by atoms with E-state index < -0.39 is 10.2 Å². The molecule has 0 aliphatic carbocycles. The molecule has 32 heavy (non-hydrogen) atoms. The normalized spacial score (nSPS) is 11.7. The summed E-state index contributed by atoms with van der Waals surface area (Å²) in [6, 6.07) is 23.3. The highest BCUT2D eigenvalue weighted by Crippen LogP contribution is 2.39. The molecule has 0 aliphatic rings. The average molecular weight is 482 g/mol. The van der Waals surface area contributed by atoms with Crippen molar-refractivity contribution < 1.29 is 9.72 Å². The van der Waals surface area contributed by atoms with Crippen molar-refractivity contribution in [2.24, 2.45) is 0 Å². The summed E-state index contributed by atoms with van der Waals surface area (Å²) in [6.45, 7) is 0. The molecular weight excluding hydrogens is 466 g/mol. The molecule has 0 spiro atoms. The number of hydrogen-bond acceptors (Lipinski definition) is 6. The van der Waals surface area contributed by atoms with Crippen LogP contribution in [0.3, 0.4) is 0 Å². The van der Waals surface area contributed by atoms with Crippen LogP contribution in [-0.2, 0) is 4.79 Å². The maximum Gasteiger partial charge on any atom is 0.289 e. The van der Waals surface area contributed by atoms with Crippen LogP contribution in [-0.4, -0.2) is 15.8 Å². The lowest BCUT2D eigenvalue weighted by atomic mass is 10.1. The number of nitro groups is 1. The minimum Gasteiger partial charge on any atom is -0.325 e. The fourth-order valence-corrected chi connectivity index (χ4v) is 5.20. The lowest BCUT2D eigenvalue weighted by Crippen LogP contribution is -2.19. The molecule has 1 heterocycles. The first kappa shape index (κ1) is 22.0. The number of carbonyl (C=O) groups is 1. The van der Waals surface area contributed by atoms with E-state index in [2.05, 4.69) is 10.3 Å². The van der Waals surface area contributed by atoms with E-state index in [1.165, 1.54) is 41.3 Å². The standard InChI is InChI=1S/C23H16ClN3O3S2/c24-18-12-11-17(13-20(18)27(29)30)25-22(28)21(16-9-5-2-6-10-16)32-23-26-19(14-31-23)15-7-3-1-4-8-15/h1-14,21H,(H,25,28). The van der Waals surface area contributed by atoms with Crippen molar-refractivity contribution in [3.05, 3.63) is 105 Å². The van der Waals surface area contributed by atoms with Crippen LogP contribution >= 0.6 is 34.7 Å². The fourth-order valence-electron chi connectivity index (χ4n) is 2.99. The summed E-state index contributed by atoms with van der Waals surface area (Å²) < 4.78 is 0.745. The molecular formula is C23H16ClN3O3S2. The number of thioether (sulfide) groups is 1. The van der Waals surface area contributed by atoms with Gasteiger partial charge >= 0.3 is 0 Å². The molecule has 4 rings (SSSR count). The Bertz CT molecular complexity index is 1250. The smallest absolute Gasteiger partial charge is 0.289 e. The molecule has 1 aromatic heterocycles. The van der Waals surface area contributed by atoms with E-state index in [4.69, 9.17) is 11.6 Å². The molecule has 1 unspecified atom stereocenters. The first-order valence-electron chi connectivity index (χ1n) is 9.48. The Morgan fingerprint density at radius 2 is 1.75 bits per heavy atom. The van der Waals surface area contributed by atoms with Gasteiger partial charge in [0.2, 0.25) is 5.91 Å². The Morgan fingerprint density at radius 3 is 2.44 bits per heavy atom. The van der Waals surface area contributed by atoms with E-state index >= 15 is 0 Å². The van der Waals surface area contributed by atoms with Gasteiger partial charge in [-0.05, 0) is 17.7 Å². The van der Waals surface area contributed by atoms with Gasteiger partial charge in [0.25, 0.3) is 5.69 Å². The second kappa shape index (κ2) is 9.95. The number of aromatic nitrogens is 1. The van der Waals surface area contributed by atoms with Gasteiger partial charge in [0.1, 0.15) is 10.3 Å². The number of amides is 1. The van der Waals surface area contributed by atoms with Crippen molar-refractivity contribution >= 4 is 52.0 Å². The Kier molecular flexibility index (Phi) is 6.84. The number of nitro benzene ring substituents is 1. The maximum absolute atomic E-state index is 13.2. The third kappa shape index (κ3) is 5.16. The lowest BCUT2D eigenvalue weighted by molar-refractivity contribution is -0.384. The van der Waals surface area contributed by atoms with E-state index in [0.717, 1.165) is 21.2 Å². The molecule has 0 bridgehead atoms. The summed E-state index contributed by atoms with van der Waals surface area (Å²) in [5, 5.41) is 15.3. The van der Waals surface area contributed by atoms with Crippen LogP contribution in [0.15, 0.2) is 88.6 Å². The monoisotopic (exact) mass is 481 g/mol. The number of thiazole rings is 1. The predicted molar refractivity (Wildman–Crippen MR) is 129 cm³/mol. The molecule has 4 aromatic rings. The van der Waals surface area contributed by atoms with Crippen molar-refractivity contribution in [3.63, 3.8) is 0 Å². The minimum absolute atomic E-state index is 0.0122. The van der Waals surface area contributed by atoms with Crippen LogP contribution < -0.4 is 5.32 Å². The Morgan fingerprint density at radius 1 is 1.06 bits per heavy atom. The van der Waals surface area contributed by atoms with Crippen molar-refractivity contribution in [2.45, 2.75) is 9.59 Å². The summed E-state index contributed by atoms with van der Waals surface area (Å²) in [5.74, 6) is -0.311. The van der Waals surface area contributed by atoms with Gasteiger partial charge in [-0.25, -0.2) is 4.98 Å². The Labute approximate surface area is 197 Å². The molecule has 0 saturated carbocycles. The molecule has 6 nitrogen and oxygen atoms in total. The zero-order valence-electron chi connectivity index (χ0n) is 16.5. The number of carbonyl (C=O) groups excluding carboxylic acids is 1. The van der Waals surface area contributed by atoms with E-state index in [1.54, 1.807) is 0 Å². The number of benzene rings is 3. The minimum atomic E-state index is -0.597. The van der Waals surface area contributed by atoms with Gasteiger partial charge in [-0.1, -0.05) is 84.0 Å². The number of hydrogen-bond donors (Lipinski definition) is 1. The molecule has 9 heteroatoms. The second-order valence-corrected chi connectivity index (χ2v) is 9.30. The van der Waals surface area contributed by atoms with Crippen molar-refractivity contribution in [1.29, 1.82) is 0 Å². The van der Waals surface area contributed by atoms with Gasteiger partial charge in [0.05, 0.1) is 10.6 Å². The average Bonchev–Trinajstić information content (AvgIpc) is 3.28. The largest absolute Gasteiger partial charge is 0.325 e. The molecule has 0 aliphatic heterocycles. The number of rotatable bonds is 7. The van der Waals surface area contributed by atoms with E-state index in [1.807, 2.05) is 66.0 Å². The number of halogens is 1. The number of anilines is 1. The van der Waals surface area contributed by atoms with Crippen LogP contribution in [0.2, 0.25) is 5.02 Å². The fraction of sp³-hybridized carbons (Fsp3) is 0.0435. The molecule has 1 amide bonds. The van der Waals surface area contributed by atoms with Crippen molar-refractivity contribution in [3.8, 4) is 11.3 Å². The zero-order chi connectivity index (χ0) is 22.5. The highest BCUT2D eigenvalue weighted by molar-refractivity contribution is 8.01. The van der Waals surface area contributed by atoms with Gasteiger partial charge in [0, 0.05) is 22.7 Å². The van der Waals surface area contributed by atoms with Gasteiger partial charge in [-0.15, -0.1) is 11.3 Å². The lowest BCUT2D eigenvalue weighted by Gasteiger charge is -2.16. The van der Waals surface area contributed by atoms with Crippen LogP contribution in [0.5, 0.6) is 0 Å². The van der Waals surface area contributed by atoms with E-state index in [-0.39, 0.29) is 16.6 Å². The molecule has 1 N–H and O–H groups in total. The Hall–Kier alpha value is -3.20. The topological polar surface area (TPSA) is 85.1 Å². The summed E-state index contributed by atoms with van der Waals surface area (Å²) >= 11 is 8.68. The summed E-state index contributed by atoms with van der Waals surface area (Å²) in [7, 11) is 0. The molecule has 1 atom stereocenters. The molecule has 0 saturated heterocycles. The number of nitrogens with zero attached hydrogens (tertiary/aromatic N) is 2. The second-order valence-electron chi connectivity index (χ2n) is 6.69. The SMILES string of the molecule is O=C(Nc1ccc(Cl)c([N+](=O)[O-])c1)C(Sc1nc(-c2ccccc2)cs1)c1ccccc1. The third-order valence-electron chi connectivity index (χ3n) is 4.52. The first-order valence-corrected chi connectivity index (χ1v) is 11.6. The Balaban J connectivity index is 1.59. The number of nitrogens with one attached hydrogen (secondary N) is 1. The van der Waals surface area contributed by atoms with E-state index in [0.29, 0.717) is 5.69 Å². The van der Waals surface area contributed by atoms with Crippen LogP contribution in [0.1, 0.15) is 10.8 Å². The predicted octanol–water partition coefficient (Wildman–Crippen LogP) is 6.84. The highest BCUT2D eigenvalue weighted by atomic mass is 35.5. The van der Waals surface area contributed by atoms with E-state index in [9.17, 15) is 14.9 Å². The summed E-state index contributed by atoms with van der Waals surface area (Å²) in [5.41, 5.74) is 2.69. The quantitative estimate of drug-likeness (QED) is 0.177. The van der Waals surface area contributed by atoms with Crippen LogP contribution in [0, 0.1) is 10.1 Å². The molecule has 0 fully saturated rings. The molecule has 160 valence electrons. The molecule has 0 radical (unpaired) electrons. The summed E-state index contributed by atoms with van der Waals surface area (Å²) in [6.07, 6.45) is 0. The van der Waals surface area contributed by atoms with Crippen LogP contribution in [0.4, 0.5) is 11.4 Å². The molecule has 3 aromatic carbocycles. The van der Waals surface area contributed by atoms with Gasteiger partial charge in [-0.3, -0.25) is 14.9 Å². The van der Waals surface area contributed by atoms with Crippen molar-refractivity contribution in [1.82, 2.24) is 4.98 Å². The van der Waals surface area contributed by atoms with Gasteiger partial charge in [-0.2, -0.15) is 0 Å². The maximum atomic E-state index is 13.2. The highest BCUT2D eigenvalue weighted by Gasteiger charge is 2.25. The van der Waals surface area contributed by atoms with Crippen LogP contribution in [0.25, 0.3) is 11.3 Å². The van der Waals surface area contributed by atoms with Crippen molar-refractivity contribution in [2.75, 3.05) is 5.32 Å². The zero-order valence-corrected chi connectivity index (χ0v) is 18.9. The van der Waals surface area contributed by atoms with Gasteiger partial charge < -0.3 is 5.32 Å². The first-order chi connectivity index (χ1) is 15.5. The summed E-state index contributed by atoms with van der Waals surface area (Å²) in [4.78, 5) is 28.5.